The molecule has 0 unspecified atom stereocenters. The molecule has 1 N–H and O–H groups in total. The lowest BCUT2D eigenvalue weighted by Crippen LogP contribution is -2.19. The fraction of sp³-hybridized carbons (Fsp3) is 0.500. The average Bonchev–Trinajstić information content (AvgIpc) is 2.14. The van der Waals surface area contributed by atoms with E-state index in [1.54, 1.807) is 12.1 Å². The molecule has 88 valence electrons. The number of non-ortho nitro benzene ring substituents is 1. The third-order valence-electron chi connectivity index (χ3n) is 2.24. The van der Waals surface area contributed by atoms with Crippen LogP contribution < -0.4 is 5.32 Å². The zero-order chi connectivity index (χ0) is 12.3. The molecule has 4 heteroatoms. The molecule has 0 bridgehead atoms. The third kappa shape index (κ3) is 3.53. The maximum absolute atomic E-state index is 10.6. The van der Waals surface area contributed by atoms with Gasteiger partial charge in [0.2, 0.25) is 0 Å². The van der Waals surface area contributed by atoms with Crippen LogP contribution in [-0.2, 0) is 0 Å². The van der Waals surface area contributed by atoms with Gasteiger partial charge in [-0.05, 0) is 17.9 Å². The van der Waals surface area contributed by atoms with Crippen molar-refractivity contribution in [2.24, 2.45) is 5.41 Å². The summed E-state index contributed by atoms with van der Waals surface area (Å²) in [5, 5.41) is 13.9. The summed E-state index contributed by atoms with van der Waals surface area (Å²) in [7, 11) is 0. The monoisotopic (exact) mass is 222 g/mol. The van der Waals surface area contributed by atoms with E-state index >= 15 is 0 Å². The standard InChI is InChI=1S/C12H18N2O2/c1-9-5-6-10(14(15)16)7-11(9)13-8-12(2,3)4/h5-7,13H,8H2,1-4H3. The fourth-order valence-electron chi connectivity index (χ4n) is 1.27. The van der Waals surface area contributed by atoms with Crippen LogP contribution in [0.3, 0.4) is 0 Å². The van der Waals surface area contributed by atoms with Gasteiger partial charge in [0.1, 0.15) is 0 Å². The Balaban J connectivity index is 2.86. The van der Waals surface area contributed by atoms with E-state index in [0.717, 1.165) is 17.8 Å². The molecule has 16 heavy (non-hydrogen) atoms. The number of benzene rings is 1. The van der Waals surface area contributed by atoms with Crippen molar-refractivity contribution in [1.82, 2.24) is 0 Å². The lowest BCUT2D eigenvalue weighted by molar-refractivity contribution is -0.384. The fourth-order valence-corrected chi connectivity index (χ4v) is 1.27. The molecule has 0 aromatic heterocycles. The number of nitrogens with one attached hydrogen (secondary N) is 1. The summed E-state index contributed by atoms with van der Waals surface area (Å²) in [6.07, 6.45) is 0. The van der Waals surface area contributed by atoms with Crippen LogP contribution >= 0.6 is 0 Å². The molecule has 0 saturated heterocycles. The summed E-state index contributed by atoms with van der Waals surface area (Å²) in [5.41, 5.74) is 2.14. The molecule has 0 fully saturated rings. The van der Waals surface area contributed by atoms with Gasteiger partial charge >= 0.3 is 0 Å². The Hall–Kier alpha value is -1.58. The molecule has 0 radical (unpaired) electrons. The number of anilines is 1. The van der Waals surface area contributed by atoms with E-state index in [9.17, 15) is 10.1 Å². The summed E-state index contributed by atoms with van der Waals surface area (Å²) in [4.78, 5) is 10.3. The third-order valence-corrected chi connectivity index (χ3v) is 2.24. The van der Waals surface area contributed by atoms with Gasteiger partial charge in [0.15, 0.2) is 0 Å². The van der Waals surface area contributed by atoms with Crippen LogP contribution in [0.2, 0.25) is 0 Å². The second kappa shape index (κ2) is 4.51. The Morgan fingerprint density at radius 2 is 2.00 bits per heavy atom. The molecular weight excluding hydrogens is 204 g/mol. The number of nitro groups is 1. The summed E-state index contributed by atoms with van der Waals surface area (Å²) in [6, 6.07) is 4.88. The first kappa shape index (κ1) is 12.5. The molecule has 1 aromatic rings. The SMILES string of the molecule is Cc1ccc([N+](=O)[O-])cc1NCC(C)(C)C. The van der Waals surface area contributed by atoms with Gasteiger partial charge in [-0.3, -0.25) is 10.1 Å². The van der Waals surface area contributed by atoms with Crippen molar-refractivity contribution in [3.05, 3.63) is 33.9 Å². The highest BCUT2D eigenvalue weighted by Crippen LogP contribution is 2.23. The van der Waals surface area contributed by atoms with Crippen molar-refractivity contribution < 1.29 is 4.92 Å². The molecule has 0 amide bonds. The summed E-state index contributed by atoms with van der Waals surface area (Å²) in [6.45, 7) is 9.08. The predicted octanol–water partition coefficient (Wildman–Crippen LogP) is 3.36. The second-order valence-corrected chi connectivity index (χ2v) is 5.17. The maximum atomic E-state index is 10.6. The number of nitro benzene ring substituents is 1. The van der Waals surface area contributed by atoms with Crippen molar-refractivity contribution in [1.29, 1.82) is 0 Å². The first-order valence-corrected chi connectivity index (χ1v) is 5.28. The van der Waals surface area contributed by atoms with Crippen molar-refractivity contribution in [2.45, 2.75) is 27.7 Å². The zero-order valence-electron chi connectivity index (χ0n) is 10.2. The summed E-state index contributed by atoms with van der Waals surface area (Å²) < 4.78 is 0. The van der Waals surface area contributed by atoms with Gasteiger partial charge in [0.25, 0.3) is 5.69 Å². The van der Waals surface area contributed by atoms with Crippen LogP contribution in [-0.4, -0.2) is 11.5 Å². The first-order chi connectivity index (χ1) is 7.29. The van der Waals surface area contributed by atoms with E-state index in [4.69, 9.17) is 0 Å². The van der Waals surface area contributed by atoms with Gasteiger partial charge in [-0.15, -0.1) is 0 Å². The van der Waals surface area contributed by atoms with Gasteiger partial charge in [-0.1, -0.05) is 26.8 Å². The molecule has 1 rings (SSSR count). The Kier molecular flexibility index (Phi) is 3.52. The highest BCUT2D eigenvalue weighted by atomic mass is 16.6. The van der Waals surface area contributed by atoms with Crippen LogP contribution in [0.1, 0.15) is 26.3 Å². The minimum Gasteiger partial charge on any atom is -0.384 e. The van der Waals surface area contributed by atoms with Crippen LogP contribution in [0, 0.1) is 22.5 Å². The van der Waals surface area contributed by atoms with E-state index in [1.807, 2.05) is 6.92 Å². The molecule has 0 saturated carbocycles. The largest absolute Gasteiger partial charge is 0.384 e. The number of rotatable bonds is 3. The zero-order valence-corrected chi connectivity index (χ0v) is 10.2. The highest BCUT2D eigenvalue weighted by Gasteiger charge is 2.12. The Bertz CT molecular complexity index is 394. The van der Waals surface area contributed by atoms with Crippen LogP contribution in [0.4, 0.5) is 11.4 Å². The number of hydrogen-bond donors (Lipinski definition) is 1. The van der Waals surface area contributed by atoms with Crippen LogP contribution in [0.15, 0.2) is 18.2 Å². The van der Waals surface area contributed by atoms with Gasteiger partial charge in [-0.2, -0.15) is 0 Å². The highest BCUT2D eigenvalue weighted by molar-refractivity contribution is 5.56. The first-order valence-electron chi connectivity index (χ1n) is 5.28. The molecule has 0 aliphatic carbocycles. The Labute approximate surface area is 95.8 Å². The molecular formula is C12H18N2O2. The van der Waals surface area contributed by atoms with Crippen molar-refractivity contribution in [3.8, 4) is 0 Å². The van der Waals surface area contributed by atoms with Crippen molar-refractivity contribution in [2.75, 3.05) is 11.9 Å². The summed E-state index contributed by atoms with van der Waals surface area (Å²) >= 11 is 0. The lowest BCUT2D eigenvalue weighted by Gasteiger charge is -2.20. The maximum Gasteiger partial charge on any atom is 0.271 e. The van der Waals surface area contributed by atoms with Crippen LogP contribution in [0.5, 0.6) is 0 Å². The molecule has 0 heterocycles. The molecule has 0 aliphatic rings. The molecule has 0 aliphatic heterocycles. The molecule has 0 atom stereocenters. The minimum atomic E-state index is -0.373. The van der Waals surface area contributed by atoms with E-state index in [2.05, 4.69) is 26.1 Å². The molecule has 4 nitrogen and oxygen atoms in total. The summed E-state index contributed by atoms with van der Waals surface area (Å²) in [5.74, 6) is 0. The van der Waals surface area contributed by atoms with Crippen molar-refractivity contribution >= 4 is 11.4 Å². The van der Waals surface area contributed by atoms with E-state index in [-0.39, 0.29) is 16.0 Å². The Morgan fingerprint density at radius 1 is 1.38 bits per heavy atom. The molecule has 0 spiro atoms. The predicted molar refractivity (Wildman–Crippen MR) is 65.8 cm³/mol. The van der Waals surface area contributed by atoms with Gasteiger partial charge in [0, 0.05) is 24.4 Å². The second-order valence-electron chi connectivity index (χ2n) is 5.17. The van der Waals surface area contributed by atoms with Gasteiger partial charge in [0.05, 0.1) is 4.92 Å². The van der Waals surface area contributed by atoms with E-state index < -0.39 is 0 Å². The lowest BCUT2D eigenvalue weighted by atomic mass is 9.96. The number of hydrogen-bond acceptors (Lipinski definition) is 3. The van der Waals surface area contributed by atoms with E-state index in [0.29, 0.717) is 0 Å². The van der Waals surface area contributed by atoms with Gasteiger partial charge in [-0.25, -0.2) is 0 Å². The Morgan fingerprint density at radius 3 is 2.50 bits per heavy atom. The normalized spacial score (nSPS) is 11.2. The van der Waals surface area contributed by atoms with E-state index in [1.165, 1.54) is 6.07 Å². The quantitative estimate of drug-likeness (QED) is 0.630. The topological polar surface area (TPSA) is 55.2 Å². The molecule has 1 aromatic carbocycles. The minimum absolute atomic E-state index is 0.127. The average molecular weight is 222 g/mol. The number of nitrogens with zero attached hydrogens (tertiary/aromatic N) is 1. The van der Waals surface area contributed by atoms with Crippen molar-refractivity contribution in [3.63, 3.8) is 0 Å². The smallest absolute Gasteiger partial charge is 0.271 e. The number of aryl methyl sites for hydroxylation is 1. The van der Waals surface area contributed by atoms with Gasteiger partial charge < -0.3 is 5.32 Å². The van der Waals surface area contributed by atoms with Crippen LogP contribution in [0.25, 0.3) is 0 Å².